The number of halogens is 2. The first kappa shape index (κ1) is 13.3. The van der Waals surface area contributed by atoms with E-state index < -0.39 is 10.0 Å². The van der Waals surface area contributed by atoms with Gasteiger partial charge in [0.2, 0.25) is 10.0 Å². The van der Waals surface area contributed by atoms with Gasteiger partial charge in [0, 0.05) is 20.7 Å². The van der Waals surface area contributed by atoms with Gasteiger partial charge in [0.1, 0.15) is 4.90 Å². The van der Waals surface area contributed by atoms with E-state index in [9.17, 15) is 8.42 Å². The molecule has 1 aliphatic rings. The number of benzene rings is 1. The van der Waals surface area contributed by atoms with E-state index in [0.717, 1.165) is 19.3 Å². The van der Waals surface area contributed by atoms with E-state index >= 15 is 0 Å². The third-order valence-electron chi connectivity index (χ3n) is 2.72. The molecule has 1 aromatic carbocycles. The summed E-state index contributed by atoms with van der Waals surface area (Å²) in [5.41, 5.74) is 6.14. The van der Waals surface area contributed by atoms with Gasteiger partial charge in [-0.05, 0) is 56.8 Å². The van der Waals surface area contributed by atoms with Crippen LogP contribution in [0.25, 0.3) is 0 Å². The highest BCUT2D eigenvalue weighted by molar-refractivity contribution is 9.11. The number of rotatable bonds is 3. The molecule has 0 spiro atoms. The number of nitrogens with two attached hydrogens (primary N) is 1. The molecular formula is C10H12Br2N2O2S. The molecule has 1 aliphatic carbocycles. The molecule has 0 aromatic heterocycles. The average Bonchev–Trinajstić information content (AvgIpc) is 2.09. The molecule has 7 heteroatoms. The van der Waals surface area contributed by atoms with Crippen LogP contribution in [0.15, 0.2) is 26.0 Å². The minimum atomic E-state index is -3.50. The van der Waals surface area contributed by atoms with Crippen molar-refractivity contribution in [3.05, 3.63) is 21.1 Å². The predicted octanol–water partition coefficient (Wildman–Crippen LogP) is 2.62. The van der Waals surface area contributed by atoms with E-state index in [1.165, 1.54) is 0 Å². The van der Waals surface area contributed by atoms with Crippen molar-refractivity contribution < 1.29 is 8.42 Å². The van der Waals surface area contributed by atoms with E-state index in [1.807, 2.05) is 0 Å². The van der Waals surface area contributed by atoms with E-state index in [-0.39, 0.29) is 10.9 Å². The Kier molecular flexibility index (Phi) is 3.82. The van der Waals surface area contributed by atoms with Gasteiger partial charge in [-0.25, -0.2) is 13.1 Å². The molecule has 0 radical (unpaired) electrons. The fourth-order valence-corrected chi connectivity index (χ4v) is 5.56. The first-order chi connectivity index (χ1) is 7.90. The van der Waals surface area contributed by atoms with E-state index in [4.69, 9.17) is 5.73 Å². The van der Waals surface area contributed by atoms with Crippen molar-refractivity contribution >= 4 is 47.6 Å². The van der Waals surface area contributed by atoms with E-state index in [2.05, 4.69) is 36.6 Å². The fraction of sp³-hybridized carbons (Fsp3) is 0.400. The van der Waals surface area contributed by atoms with Gasteiger partial charge in [-0.2, -0.15) is 0 Å². The van der Waals surface area contributed by atoms with Crippen molar-refractivity contribution in [2.45, 2.75) is 30.2 Å². The molecule has 0 atom stereocenters. The first-order valence-corrected chi connectivity index (χ1v) is 8.24. The van der Waals surface area contributed by atoms with Crippen LogP contribution in [0, 0.1) is 0 Å². The van der Waals surface area contributed by atoms with Gasteiger partial charge in [-0.1, -0.05) is 6.42 Å². The Balaban J connectivity index is 2.38. The third-order valence-corrected chi connectivity index (χ3v) is 6.11. The lowest BCUT2D eigenvalue weighted by molar-refractivity contribution is 0.383. The van der Waals surface area contributed by atoms with Crippen LogP contribution in [0.2, 0.25) is 0 Å². The molecular weight excluding hydrogens is 372 g/mol. The van der Waals surface area contributed by atoms with Crippen molar-refractivity contribution in [3.8, 4) is 0 Å². The summed E-state index contributed by atoms with van der Waals surface area (Å²) in [6.45, 7) is 0. The van der Waals surface area contributed by atoms with Gasteiger partial charge in [0.15, 0.2) is 0 Å². The molecule has 0 saturated heterocycles. The van der Waals surface area contributed by atoms with Crippen LogP contribution < -0.4 is 10.5 Å². The van der Waals surface area contributed by atoms with Crippen LogP contribution in [0.5, 0.6) is 0 Å². The lowest BCUT2D eigenvalue weighted by atomic mass is 9.94. The Labute approximate surface area is 117 Å². The summed E-state index contributed by atoms with van der Waals surface area (Å²) < 4.78 is 28.0. The highest BCUT2D eigenvalue weighted by Gasteiger charge is 2.27. The van der Waals surface area contributed by atoms with Gasteiger partial charge in [0.25, 0.3) is 0 Å². The van der Waals surface area contributed by atoms with Crippen LogP contribution in [0.3, 0.4) is 0 Å². The van der Waals surface area contributed by atoms with Gasteiger partial charge in [0.05, 0.1) is 0 Å². The quantitative estimate of drug-likeness (QED) is 0.788. The Morgan fingerprint density at radius 2 is 1.76 bits per heavy atom. The molecule has 1 saturated carbocycles. The number of nitrogens with one attached hydrogen (secondary N) is 1. The second-order valence-corrected chi connectivity index (χ2v) is 7.42. The molecule has 0 amide bonds. The standard InChI is InChI=1S/C10H12Br2N2O2S/c11-8-4-6(13)5-9(12)10(8)17(15,16)14-7-2-1-3-7/h4-5,7,14H,1-3,13H2. The SMILES string of the molecule is Nc1cc(Br)c(S(=O)(=O)NC2CCC2)c(Br)c1. The van der Waals surface area contributed by atoms with Gasteiger partial charge in [-0.3, -0.25) is 0 Å². The summed E-state index contributed by atoms with van der Waals surface area (Å²) in [5, 5.41) is 0. The summed E-state index contributed by atoms with van der Waals surface area (Å²) in [5.74, 6) is 0. The van der Waals surface area contributed by atoms with Gasteiger partial charge in [-0.15, -0.1) is 0 Å². The molecule has 4 nitrogen and oxygen atoms in total. The van der Waals surface area contributed by atoms with Crippen molar-refractivity contribution in [1.29, 1.82) is 0 Å². The minimum absolute atomic E-state index is 0.0661. The second kappa shape index (κ2) is 4.87. The number of nitrogen functional groups attached to an aromatic ring is 1. The van der Waals surface area contributed by atoms with Crippen LogP contribution in [0.4, 0.5) is 5.69 Å². The number of anilines is 1. The third kappa shape index (κ3) is 2.83. The number of hydrogen-bond donors (Lipinski definition) is 2. The number of hydrogen-bond acceptors (Lipinski definition) is 3. The highest BCUT2D eigenvalue weighted by atomic mass is 79.9. The maximum atomic E-state index is 12.2. The molecule has 94 valence electrons. The zero-order valence-corrected chi connectivity index (χ0v) is 12.9. The molecule has 3 N–H and O–H groups in total. The summed E-state index contributed by atoms with van der Waals surface area (Å²) in [6, 6.07) is 3.23. The molecule has 0 heterocycles. The Morgan fingerprint density at radius 1 is 1.24 bits per heavy atom. The lowest BCUT2D eigenvalue weighted by Crippen LogP contribution is -2.39. The molecule has 0 bridgehead atoms. The Bertz CT molecular complexity index is 518. The Hall–Kier alpha value is -0.110. The Morgan fingerprint density at radius 3 is 2.18 bits per heavy atom. The maximum absolute atomic E-state index is 12.2. The molecule has 17 heavy (non-hydrogen) atoms. The van der Waals surface area contributed by atoms with Crippen LogP contribution in [-0.2, 0) is 10.0 Å². The number of sulfonamides is 1. The van der Waals surface area contributed by atoms with Crippen LogP contribution in [-0.4, -0.2) is 14.5 Å². The summed E-state index contributed by atoms with van der Waals surface area (Å²) in [6.07, 6.45) is 2.89. The van der Waals surface area contributed by atoms with Gasteiger partial charge >= 0.3 is 0 Å². The summed E-state index contributed by atoms with van der Waals surface area (Å²) in [4.78, 5) is 0.207. The highest BCUT2D eigenvalue weighted by Crippen LogP contribution is 2.33. The second-order valence-electron chi connectivity index (χ2n) is 4.06. The van der Waals surface area contributed by atoms with Crippen molar-refractivity contribution in [2.24, 2.45) is 0 Å². The topological polar surface area (TPSA) is 72.2 Å². The maximum Gasteiger partial charge on any atom is 0.243 e. The first-order valence-electron chi connectivity index (χ1n) is 5.17. The van der Waals surface area contributed by atoms with Gasteiger partial charge < -0.3 is 5.73 Å². The minimum Gasteiger partial charge on any atom is -0.399 e. The zero-order valence-electron chi connectivity index (χ0n) is 8.91. The summed E-state index contributed by atoms with van der Waals surface area (Å²) in [7, 11) is -3.50. The van der Waals surface area contributed by atoms with Crippen LogP contribution in [0.1, 0.15) is 19.3 Å². The smallest absolute Gasteiger partial charge is 0.243 e. The molecule has 1 aromatic rings. The van der Waals surface area contributed by atoms with Crippen LogP contribution >= 0.6 is 31.9 Å². The monoisotopic (exact) mass is 382 g/mol. The largest absolute Gasteiger partial charge is 0.399 e. The molecule has 2 rings (SSSR count). The van der Waals surface area contributed by atoms with Crippen molar-refractivity contribution in [1.82, 2.24) is 4.72 Å². The fourth-order valence-electron chi connectivity index (χ4n) is 1.64. The van der Waals surface area contributed by atoms with Crippen molar-refractivity contribution in [2.75, 3.05) is 5.73 Å². The summed E-state index contributed by atoms with van der Waals surface area (Å²) >= 11 is 6.47. The predicted molar refractivity (Wildman–Crippen MR) is 74.2 cm³/mol. The average molecular weight is 384 g/mol. The normalized spacial score (nSPS) is 16.8. The molecule has 0 unspecified atom stereocenters. The lowest BCUT2D eigenvalue weighted by Gasteiger charge is -2.26. The zero-order chi connectivity index (χ0) is 12.6. The molecule has 0 aliphatic heterocycles. The van der Waals surface area contributed by atoms with E-state index in [0.29, 0.717) is 14.6 Å². The van der Waals surface area contributed by atoms with E-state index in [1.54, 1.807) is 12.1 Å². The molecule has 1 fully saturated rings. The van der Waals surface area contributed by atoms with Crippen molar-refractivity contribution in [3.63, 3.8) is 0 Å².